The summed E-state index contributed by atoms with van der Waals surface area (Å²) in [5, 5.41) is 0. The van der Waals surface area contributed by atoms with Gasteiger partial charge in [0.2, 0.25) is 11.8 Å². The van der Waals surface area contributed by atoms with Crippen molar-refractivity contribution in [1.29, 1.82) is 0 Å². The molecule has 2 aliphatic rings. The van der Waals surface area contributed by atoms with E-state index in [0.29, 0.717) is 24.6 Å². The van der Waals surface area contributed by atoms with E-state index in [9.17, 15) is 9.59 Å². The molecule has 0 aliphatic carbocycles. The Balaban J connectivity index is 1.52. The molecule has 0 radical (unpaired) electrons. The quantitative estimate of drug-likeness (QED) is 0.711. The second-order valence-corrected chi connectivity index (χ2v) is 7.90. The van der Waals surface area contributed by atoms with Crippen molar-refractivity contribution in [3.63, 3.8) is 0 Å². The smallest absolute Gasteiger partial charge is 0.228 e. The van der Waals surface area contributed by atoms with E-state index in [-0.39, 0.29) is 30.2 Å². The van der Waals surface area contributed by atoms with Crippen LogP contribution in [0, 0.1) is 5.92 Å². The molecular formula is C24H28N2O5. The summed E-state index contributed by atoms with van der Waals surface area (Å²) in [5.41, 5.74) is 1.77. The van der Waals surface area contributed by atoms with E-state index in [1.807, 2.05) is 47.4 Å². The largest absolute Gasteiger partial charge is 0.497 e. The van der Waals surface area contributed by atoms with Gasteiger partial charge >= 0.3 is 0 Å². The highest BCUT2D eigenvalue weighted by Crippen LogP contribution is 2.40. The molecule has 164 valence electrons. The van der Waals surface area contributed by atoms with Crippen LogP contribution in [-0.2, 0) is 9.59 Å². The maximum atomic E-state index is 13.4. The number of benzene rings is 2. The van der Waals surface area contributed by atoms with Crippen molar-refractivity contribution < 1.29 is 23.8 Å². The topological polar surface area (TPSA) is 68.3 Å². The summed E-state index contributed by atoms with van der Waals surface area (Å²) in [6.45, 7) is 1.08. The number of carbonyl (C=O) groups excluding carboxylic acids is 2. The van der Waals surface area contributed by atoms with Crippen LogP contribution in [0.3, 0.4) is 0 Å². The number of hydrogen-bond donors (Lipinski definition) is 0. The van der Waals surface area contributed by atoms with Gasteiger partial charge in [-0.05, 0) is 49.2 Å². The lowest BCUT2D eigenvalue weighted by Gasteiger charge is -2.28. The van der Waals surface area contributed by atoms with Crippen LogP contribution >= 0.6 is 0 Å². The van der Waals surface area contributed by atoms with Gasteiger partial charge in [-0.2, -0.15) is 0 Å². The van der Waals surface area contributed by atoms with Crippen molar-refractivity contribution in [3.8, 4) is 17.2 Å². The Hall–Kier alpha value is -3.22. The first-order valence-corrected chi connectivity index (χ1v) is 10.5. The molecule has 2 saturated heterocycles. The number of amides is 2. The molecular weight excluding hydrogens is 396 g/mol. The van der Waals surface area contributed by atoms with E-state index >= 15 is 0 Å². The fraction of sp³-hybridized carbons (Fsp3) is 0.417. The highest BCUT2D eigenvalue weighted by molar-refractivity contribution is 6.00. The van der Waals surface area contributed by atoms with Gasteiger partial charge in [-0.15, -0.1) is 0 Å². The van der Waals surface area contributed by atoms with Crippen LogP contribution in [0.5, 0.6) is 17.2 Å². The minimum atomic E-state index is -0.348. The number of likely N-dealkylation sites (tertiary alicyclic amines) is 1. The van der Waals surface area contributed by atoms with Crippen LogP contribution in [0.4, 0.5) is 5.69 Å². The van der Waals surface area contributed by atoms with E-state index in [1.54, 1.807) is 26.2 Å². The predicted molar refractivity (Wildman–Crippen MR) is 117 cm³/mol. The van der Waals surface area contributed by atoms with Gasteiger partial charge in [0.25, 0.3) is 0 Å². The van der Waals surface area contributed by atoms with Crippen molar-refractivity contribution in [3.05, 3.63) is 48.0 Å². The van der Waals surface area contributed by atoms with Gasteiger partial charge in [0, 0.05) is 36.8 Å². The average Bonchev–Trinajstić information content (AvgIpc) is 3.45. The van der Waals surface area contributed by atoms with Crippen molar-refractivity contribution in [2.75, 3.05) is 39.3 Å². The molecule has 0 saturated carbocycles. The molecule has 0 spiro atoms. The number of carbonyl (C=O) groups is 2. The second kappa shape index (κ2) is 8.88. The van der Waals surface area contributed by atoms with Gasteiger partial charge in [-0.3, -0.25) is 9.59 Å². The van der Waals surface area contributed by atoms with E-state index in [4.69, 9.17) is 14.2 Å². The average molecular weight is 424 g/mol. The fourth-order valence-electron chi connectivity index (χ4n) is 4.57. The molecule has 2 fully saturated rings. The first-order valence-electron chi connectivity index (χ1n) is 10.5. The first-order chi connectivity index (χ1) is 15.0. The van der Waals surface area contributed by atoms with Gasteiger partial charge < -0.3 is 24.0 Å². The Morgan fingerprint density at radius 3 is 2.35 bits per heavy atom. The summed E-state index contributed by atoms with van der Waals surface area (Å²) >= 11 is 0. The minimum Gasteiger partial charge on any atom is -0.497 e. The number of ether oxygens (including phenoxy) is 3. The number of nitrogens with zero attached hydrogens (tertiary/aromatic N) is 2. The number of methoxy groups -OCH3 is 3. The first kappa shape index (κ1) is 21.0. The Morgan fingerprint density at radius 2 is 1.68 bits per heavy atom. The SMILES string of the molecule is COc1ccc(N2C[C@@H](C(=O)N3CCC[C@H]3c3ccc(OC)cc3OC)CC2=O)cc1. The van der Waals surface area contributed by atoms with Crippen LogP contribution in [0.15, 0.2) is 42.5 Å². The number of hydrogen-bond acceptors (Lipinski definition) is 5. The third-order valence-corrected chi connectivity index (χ3v) is 6.19. The van der Waals surface area contributed by atoms with Gasteiger partial charge in [0.15, 0.2) is 0 Å². The molecule has 2 amide bonds. The summed E-state index contributed by atoms with van der Waals surface area (Å²) in [5.74, 6) is 1.82. The number of anilines is 1. The van der Waals surface area contributed by atoms with Crippen molar-refractivity contribution in [2.24, 2.45) is 5.92 Å². The molecule has 7 nitrogen and oxygen atoms in total. The molecule has 2 aromatic carbocycles. The Bertz CT molecular complexity index is 959. The maximum Gasteiger partial charge on any atom is 0.228 e. The zero-order valence-corrected chi connectivity index (χ0v) is 18.2. The molecule has 0 aromatic heterocycles. The zero-order chi connectivity index (χ0) is 22.0. The van der Waals surface area contributed by atoms with Crippen LogP contribution in [0.2, 0.25) is 0 Å². The lowest BCUT2D eigenvalue weighted by atomic mass is 10.0. The fourth-order valence-corrected chi connectivity index (χ4v) is 4.57. The van der Waals surface area contributed by atoms with Crippen LogP contribution in [0.25, 0.3) is 0 Å². The monoisotopic (exact) mass is 424 g/mol. The molecule has 31 heavy (non-hydrogen) atoms. The lowest BCUT2D eigenvalue weighted by Crippen LogP contribution is -2.37. The van der Waals surface area contributed by atoms with Crippen LogP contribution in [-0.4, -0.2) is 51.1 Å². The normalized spacial score (nSPS) is 20.8. The second-order valence-electron chi connectivity index (χ2n) is 7.90. The lowest BCUT2D eigenvalue weighted by molar-refractivity contribution is -0.136. The highest BCUT2D eigenvalue weighted by Gasteiger charge is 2.41. The minimum absolute atomic E-state index is 0.0266. The molecule has 2 heterocycles. The highest BCUT2D eigenvalue weighted by atomic mass is 16.5. The molecule has 2 aliphatic heterocycles. The maximum absolute atomic E-state index is 13.4. The van der Waals surface area contributed by atoms with Crippen molar-refractivity contribution >= 4 is 17.5 Å². The Kier molecular flexibility index (Phi) is 6.02. The summed E-state index contributed by atoms with van der Waals surface area (Å²) < 4.78 is 16.1. The molecule has 7 heteroatoms. The molecule has 0 N–H and O–H groups in total. The van der Waals surface area contributed by atoms with E-state index in [1.165, 1.54) is 0 Å². The van der Waals surface area contributed by atoms with Gasteiger partial charge in [0.1, 0.15) is 17.2 Å². The third kappa shape index (κ3) is 4.04. The molecule has 0 bridgehead atoms. The number of rotatable bonds is 6. The van der Waals surface area contributed by atoms with Crippen LogP contribution < -0.4 is 19.1 Å². The molecule has 2 aromatic rings. The summed E-state index contributed by atoms with van der Waals surface area (Å²) in [6, 6.07) is 13.0. The molecule has 0 unspecified atom stereocenters. The zero-order valence-electron chi connectivity index (χ0n) is 18.2. The standard InChI is InChI=1S/C24H28N2O5/c1-29-18-8-6-17(7-9-18)26-15-16(13-23(26)27)24(28)25-12-4-5-21(25)20-11-10-19(30-2)14-22(20)31-3/h6-11,14,16,21H,4-5,12-13,15H2,1-3H3/t16-,21-/m0/s1. The summed E-state index contributed by atoms with van der Waals surface area (Å²) in [6.07, 6.45) is 2.03. The summed E-state index contributed by atoms with van der Waals surface area (Å²) in [7, 11) is 4.85. The van der Waals surface area contributed by atoms with E-state index in [0.717, 1.165) is 29.8 Å². The third-order valence-electron chi connectivity index (χ3n) is 6.19. The van der Waals surface area contributed by atoms with Crippen LogP contribution in [0.1, 0.15) is 30.9 Å². The molecule has 2 atom stereocenters. The van der Waals surface area contributed by atoms with Crippen molar-refractivity contribution in [2.45, 2.75) is 25.3 Å². The molecule has 4 rings (SSSR count). The van der Waals surface area contributed by atoms with E-state index in [2.05, 4.69) is 0 Å². The van der Waals surface area contributed by atoms with Crippen molar-refractivity contribution in [1.82, 2.24) is 4.90 Å². The van der Waals surface area contributed by atoms with Gasteiger partial charge in [0.05, 0.1) is 33.3 Å². The van der Waals surface area contributed by atoms with E-state index < -0.39 is 0 Å². The summed E-state index contributed by atoms with van der Waals surface area (Å²) in [4.78, 5) is 29.7. The van der Waals surface area contributed by atoms with Gasteiger partial charge in [-0.25, -0.2) is 0 Å². The Morgan fingerprint density at radius 1 is 0.968 bits per heavy atom. The van der Waals surface area contributed by atoms with Gasteiger partial charge in [-0.1, -0.05) is 0 Å². The Labute approximate surface area is 182 Å². The predicted octanol–water partition coefficient (Wildman–Crippen LogP) is 3.43.